The standard InChI is InChI=1S/C39H22N4O2/c1-2-10-23(11-3-1)37-40-38(24-18-20-33-29(22-24)26-13-5-8-16-31(26)44-33)42-39(41-37)43-30-15-7-4-12-25(30)27-19-21-34-35(36(27)43)28-14-6-9-17-32(28)45-34/h1-22H. The monoisotopic (exact) mass is 578 g/mol. The first-order chi connectivity index (χ1) is 22.3. The highest BCUT2D eigenvalue weighted by Crippen LogP contribution is 2.41. The summed E-state index contributed by atoms with van der Waals surface area (Å²) in [6, 6.07) is 45.1. The predicted octanol–water partition coefficient (Wildman–Crippen LogP) is 10.1. The molecule has 0 saturated heterocycles. The van der Waals surface area contributed by atoms with Crippen LogP contribution in [0.2, 0.25) is 0 Å². The van der Waals surface area contributed by atoms with Gasteiger partial charge in [0.1, 0.15) is 22.3 Å². The fourth-order valence-electron chi connectivity index (χ4n) is 6.65. The SMILES string of the molecule is c1ccc(-c2nc(-c3ccc4oc5ccccc5c4c3)nc(-n3c4ccccc4c4ccc5oc6ccccc6c5c43)n2)cc1. The van der Waals surface area contributed by atoms with Crippen molar-refractivity contribution in [2.24, 2.45) is 0 Å². The number of hydrogen-bond donors (Lipinski definition) is 0. The van der Waals surface area contributed by atoms with Crippen LogP contribution in [0.1, 0.15) is 0 Å². The van der Waals surface area contributed by atoms with Crippen LogP contribution in [0.4, 0.5) is 0 Å². The molecule has 6 aromatic carbocycles. The van der Waals surface area contributed by atoms with Gasteiger partial charge in [-0.25, -0.2) is 4.98 Å². The summed E-state index contributed by atoms with van der Waals surface area (Å²) < 4.78 is 14.6. The van der Waals surface area contributed by atoms with Crippen molar-refractivity contribution in [3.63, 3.8) is 0 Å². The van der Waals surface area contributed by atoms with Crippen molar-refractivity contribution >= 4 is 65.7 Å². The molecule has 6 nitrogen and oxygen atoms in total. The predicted molar refractivity (Wildman–Crippen MR) is 180 cm³/mol. The fourth-order valence-corrected chi connectivity index (χ4v) is 6.65. The van der Waals surface area contributed by atoms with Crippen LogP contribution in [0, 0.1) is 0 Å². The van der Waals surface area contributed by atoms with Gasteiger partial charge in [0.15, 0.2) is 11.6 Å². The molecular weight excluding hydrogens is 556 g/mol. The largest absolute Gasteiger partial charge is 0.456 e. The van der Waals surface area contributed by atoms with Crippen LogP contribution in [0.15, 0.2) is 142 Å². The lowest BCUT2D eigenvalue weighted by Gasteiger charge is -2.11. The van der Waals surface area contributed by atoms with Gasteiger partial charge in [0.25, 0.3) is 0 Å². The third kappa shape index (κ3) is 3.53. The van der Waals surface area contributed by atoms with Gasteiger partial charge in [0.2, 0.25) is 5.95 Å². The van der Waals surface area contributed by atoms with Crippen LogP contribution < -0.4 is 0 Å². The smallest absolute Gasteiger partial charge is 0.238 e. The van der Waals surface area contributed by atoms with Crippen LogP contribution in [-0.4, -0.2) is 19.5 Å². The molecule has 0 aliphatic heterocycles. The molecule has 0 radical (unpaired) electrons. The summed E-state index contributed by atoms with van der Waals surface area (Å²) in [4.78, 5) is 15.4. The average Bonchev–Trinajstić information content (AvgIpc) is 3.77. The van der Waals surface area contributed by atoms with Gasteiger partial charge in [-0.3, -0.25) is 4.57 Å². The van der Waals surface area contributed by atoms with Gasteiger partial charge >= 0.3 is 0 Å². The third-order valence-electron chi connectivity index (χ3n) is 8.67. The van der Waals surface area contributed by atoms with Crippen molar-refractivity contribution in [2.45, 2.75) is 0 Å². The Kier molecular flexibility index (Phi) is 4.90. The minimum atomic E-state index is 0.542. The lowest BCUT2D eigenvalue weighted by atomic mass is 10.1. The first-order valence-corrected chi connectivity index (χ1v) is 14.9. The lowest BCUT2D eigenvalue weighted by molar-refractivity contribution is 0.668. The number of hydrogen-bond acceptors (Lipinski definition) is 5. The number of rotatable bonds is 3. The van der Waals surface area contributed by atoms with Crippen LogP contribution in [-0.2, 0) is 0 Å². The summed E-state index contributed by atoms with van der Waals surface area (Å²) in [6.07, 6.45) is 0. The molecule has 0 unspecified atom stereocenters. The second kappa shape index (κ2) is 9.11. The molecule has 10 rings (SSSR count). The number of para-hydroxylation sites is 3. The maximum Gasteiger partial charge on any atom is 0.238 e. The Morgan fingerprint density at radius 1 is 0.422 bits per heavy atom. The first-order valence-electron chi connectivity index (χ1n) is 14.9. The zero-order valence-corrected chi connectivity index (χ0v) is 23.8. The van der Waals surface area contributed by atoms with Gasteiger partial charge in [-0.2, -0.15) is 9.97 Å². The quantitative estimate of drug-likeness (QED) is 0.209. The normalized spacial score (nSPS) is 12.0. The number of furan rings is 2. The second-order valence-electron chi connectivity index (χ2n) is 11.2. The zero-order valence-electron chi connectivity index (χ0n) is 23.8. The van der Waals surface area contributed by atoms with E-state index in [0.29, 0.717) is 17.6 Å². The van der Waals surface area contributed by atoms with E-state index in [1.807, 2.05) is 78.9 Å². The van der Waals surface area contributed by atoms with Crippen LogP contribution in [0.25, 0.3) is 94.4 Å². The number of benzene rings is 6. The van der Waals surface area contributed by atoms with E-state index in [0.717, 1.165) is 76.8 Å². The Bertz CT molecular complexity index is 2770. The van der Waals surface area contributed by atoms with E-state index in [9.17, 15) is 0 Å². The van der Waals surface area contributed by atoms with E-state index in [1.165, 1.54) is 0 Å². The molecule has 0 fully saturated rings. The minimum absolute atomic E-state index is 0.542. The van der Waals surface area contributed by atoms with Gasteiger partial charge < -0.3 is 8.83 Å². The summed E-state index contributed by atoms with van der Waals surface area (Å²) in [6.45, 7) is 0. The molecule has 45 heavy (non-hydrogen) atoms. The van der Waals surface area contributed by atoms with Gasteiger partial charge in [-0.15, -0.1) is 0 Å². The summed E-state index contributed by atoms with van der Waals surface area (Å²) in [7, 11) is 0. The molecule has 0 N–H and O–H groups in total. The van der Waals surface area contributed by atoms with Crippen LogP contribution >= 0.6 is 0 Å². The summed E-state index contributed by atoms with van der Waals surface area (Å²) in [5, 5.41) is 6.40. The van der Waals surface area contributed by atoms with E-state index in [-0.39, 0.29) is 0 Å². The summed E-state index contributed by atoms with van der Waals surface area (Å²) in [5.41, 5.74) is 7.17. The molecular formula is C39H22N4O2. The van der Waals surface area contributed by atoms with Gasteiger partial charge in [0.05, 0.1) is 16.4 Å². The second-order valence-corrected chi connectivity index (χ2v) is 11.2. The van der Waals surface area contributed by atoms with Crippen molar-refractivity contribution in [1.82, 2.24) is 19.5 Å². The van der Waals surface area contributed by atoms with E-state index < -0.39 is 0 Å². The highest BCUT2D eigenvalue weighted by atomic mass is 16.3. The molecule has 10 aromatic rings. The Hall–Kier alpha value is -6.27. The Morgan fingerprint density at radius 3 is 1.89 bits per heavy atom. The fraction of sp³-hybridized carbons (Fsp3) is 0. The van der Waals surface area contributed by atoms with Crippen LogP contribution in [0.3, 0.4) is 0 Å². The van der Waals surface area contributed by atoms with E-state index in [2.05, 4.69) is 59.2 Å². The van der Waals surface area contributed by atoms with Crippen molar-refractivity contribution in [3.8, 4) is 28.7 Å². The molecule has 210 valence electrons. The number of nitrogens with zero attached hydrogens (tertiary/aromatic N) is 4. The van der Waals surface area contributed by atoms with E-state index in [1.54, 1.807) is 0 Å². The van der Waals surface area contributed by atoms with E-state index in [4.69, 9.17) is 23.8 Å². The van der Waals surface area contributed by atoms with Gasteiger partial charge in [-0.05, 0) is 48.5 Å². The zero-order chi connectivity index (χ0) is 29.5. The molecule has 6 heteroatoms. The molecule has 4 heterocycles. The lowest BCUT2D eigenvalue weighted by Crippen LogP contribution is -2.06. The Morgan fingerprint density at radius 2 is 1.04 bits per heavy atom. The van der Waals surface area contributed by atoms with Crippen molar-refractivity contribution in [2.75, 3.05) is 0 Å². The minimum Gasteiger partial charge on any atom is -0.456 e. The van der Waals surface area contributed by atoms with Crippen molar-refractivity contribution in [1.29, 1.82) is 0 Å². The first kappa shape index (κ1) is 24.2. The van der Waals surface area contributed by atoms with E-state index >= 15 is 0 Å². The number of aromatic nitrogens is 4. The molecule has 0 atom stereocenters. The van der Waals surface area contributed by atoms with Crippen LogP contribution in [0.5, 0.6) is 0 Å². The average molecular weight is 579 g/mol. The maximum atomic E-state index is 6.33. The highest BCUT2D eigenvalue weighted by molar-refractivity contribution is 6.24. The number of fused-ring (bicyclic) bond motifs is 10. The molecule has 0 aliphatic rings. The highest BCUT2D eigenvalue weighted by Gasteiger charge is 2.22. The third-order valence-corrected chi connectivity index (χ3v) is 8.67. The summed E-state index contributed by atoms with van der Waals surface area (Å²) >= 11 is 0. The van der Waals surface area contributed by atoms with Gasteiger partial charge in [0, 0.05) is 38.1 Å². The molecule has 0 bridgehead atoms. The molecule has 0 saturated carbocycles. The maximum absolute atomic E-state index is 6.33. The van der Waals surface area contributed by atoms with Crippen molar-refractivity contribution < 1.29 is 8.83 Å². The summed E-state index contributed by atoms with van der Waals surface area (Å²) in [5.74, 6) is 1.73. The molecule has 4 aromatic heterocycles. The Labute approximate surface area is 255 Å². The Balaban J connectivity index is 1.32. The molecule has 0 spiro atoms. The van der Waals surface area contributed by atoms with Crippen molar-refractivity contribution in [3.05, 3.63) is 133 Å². The van der Waals surface area contributed by atoms with Gasteiger partial charge in [-0.1, -0.05) is 84.9 Å². The topological polar surface area (TPSA) is 69.9 Å². The molecule has 0 aliphatic carbocycles. The molecule has 0 amide bonds.